The van der Waals surface area contributed by atoms with E-state index in [1.165, 1.54) is 25.6 Å². The van der Waals surface area contributed by atoms with Crippen molar-refractivity contribution < 1.29 is 13.2 Å². The zero-order chi connectivity index (χ0) is 21.3. The third-order valence-electron chi connectivity index (χ3n) is 5.06. The highest BCUT2D eigenvalue weighted by Crippen LogP contribution is 2.28. The van der Waals surface area contributed by atoms with E-state index in [1.54, 1.807) is 12.1 Å². The van der Waals surface area contributed by atoms with Gasteiger partial charge in [0.1, 0.15) is 11.5 Å². The summed E-state index contributed by atoms with van der Waals surface area (Å²) in [6.07, 6.45) is 5.28. The Balaban J connectivity index is 1.54. The fraction of sp³-hybridized carbons (Fsp3) is 0.316. The van der Waals surface area contributed by atoms with Gasteiger partial charge in [0.25, 0.3) is 0 Å². The number of likely N-dealkylation sites (N-methyl/N-ethyl adjacent to an activating group) is 1. The molecule has 158 valence electrons. The van der Waals surface area contributed by atoms with Crippen molar-refractivity contribution in [3.8, 4) is 0 Å². The van der Waals surface area contributed by atoms with Gasteiger partial charge >= 0.3 is 0 Å². The summed E-state index contributed by atoms with van der Waals surface area (Å²) in [5.74, 6) is 0.441. The van der Waals surface area contributed by atoms with E-state index in [2.05, 4.69) is 25.6 Å². The first kappa shape index (κ1) is 20.1. The summed E-state index contributed by atoms with van der Waals surface area (Å²) in [5.41, 5.74) is 6.43. The van der Waals surface area contributed by atoms with Gasteiger partial charge in [-0.2, -0.15) is 14.3 Å². The van der Waals surface area contributed by atoms with Gasteiger partial charge in [0, 0.05) is 25.0 Å². The first-order chi connectivity index (χ1) is 14.3. The first-order valence-electron chi connectivity index (χ1n) is 9.56. The number of hydrogen-bond acceptors (Lipinski definition) is 7. The van der Waals surface area contributed by atoms with Gasteiger partial charge in [-0.1, -0.05) is 0 Å². The van der Waals surface area contributed by atoms with Crippen LogP contribution in [0.5, 0.6) is 0 Å². The number of carbonyl (C=O) groups is 1. The minimum absolute atomic E-state index is 0.0601. The molecule has 1 amide bonds. The number of amides is 1. The maximum absolute atomic E-state index is 12.5. The number of primary amides is 1. The van der Waals surface area contributed by atoms with E-state index >= 15 is 0 Å². The summed E-state index contributed by atoms with van der Waals surface area (Å²) in [6.45, 7) is -0.386. The van der Waals surface area contributed by atoms with Crippen LogP contribution in [-0.4, -0.2) is 53.2 Å². The van der Waals surface area contributed by atoms with Gasteiger partial charge in [-0.05, 0) is 49.6 Å². The summed E-state index contributed by atoms with van der Waals surface area (Å²) >= 11 is 0. The summed E-state index contributed by atoms with van der Waals surface area (Å²) in [6, 6.07) is 8.50. The molecule has 10 nitrogen and oxygen atoms in total. The molecule has 1 aromatic carbocycles. The molecular weight excluding hydrogens is 406 g/mol. The van der Waals surface area contributed by atoms with Gasteiger partial charge in [-0.3, -0.25) is 4.79 Å². The topological polar surface area (TPSA) is 146 Å². The van der Waals surface area contributed by atoms with Crippen LogP contribution in [0.4, 0.5) is 17.5 Å². The Morgan fingerprint density at radius 2 is 1.97 bits per heavy atom. The highest BCUT2D eigenvalue weighted by atomic mass is 32.2. The van der Waals surface area contributed by atoms with Crippen LogP contribution in [0.25, 0.3) is 11.0 Å². The number of anilines is 3. The third-order valence-corrected chi connectivity index (χ3v) is 6.88. The second kappa shape index (κ2) is 7.92. The summed E-state index contributed by atoms with van der Waals surface area (Å²) in [7, 11) is -2.50. The number of benzene rings is 1. The number of aromatic amines is 1. The van der Waals surface area contributed by atoms with Gasteiger partial charge < -0.3 is 21.4 Å². The zero-order valence-electron chi connectivity index (χ0n) is 16.4. The molecule has 5 N–H and O–H groups in total. The molecule has 2 aromatic heterocycles. The number of nitrogens with two attached hydrogens (primary N) is 1. The molecule has 0 spiro atoms. The maximum atomic E-state index is 12.5. The van der Waals surface area contributed by atoms with E-state index in [0.29, 0.717) is 23.3 Å². The molecule has 1 aliphatic rings. The molecule has 2 heterocycles. The Morgan fingerprint density at radius 1 is 1.23 bits per heavy atom. The minimum Gasteiger partial charge on any atom is -0.369 e. The molecule has 0 aliphatic heterocycles. The second-order valence-corrected chi connectivity index (χ2v) is 9.33. The van der Waals surface area contributed by atoms with Crippen molar-refractivity contribution in [2.24, 2.45) is 5.73 Å². The number of rotatable bonds is 8. The van der Waals surface area contributed by atoms with E-state index in [4.69, 9.17) is 5.73 Å². The monoisotopic (exact) mass is 429 g/mol. The first-order valence-corrected chi connectivity index (χ1v) is 11.0. The summed E-state index contributed by atoms with van der Waals surface area (Å²) in [4.78, 5) is 23.2. The molecule has 30 heavy (non-hydrogen) atoms. The van der Waals surface area contributed by atoms with Crippen molar-refractivity contribution in [2.45, 2.75) is 30.2 Å². The van der Waals surface area contributed by atoms with Crippen molar-refractivity contribution in [3.05, 3.63) is 36.5 Å². The molecule has 0 radical (unpaired) electrons. The van der Waals surface area contributed by atoms with E-state index in [-0.39, 0.29) is 11.4 Å². The van der Waals surface area contributed by atoms with Crippen LogP contribution in [0.2, 0.25) is 0 Å². The van der Waals surface area contributed by atoms with Crippen LogP contribution >= 0.6 is 0 Å². The van der Waals surface area contributed by atoms with Crippen LogP contribution in [0.15, 0.2) is 41.4 Å². The number of nitrogens with zero attached hydrogens (tertiary/aromatic N) is 3. The third kappa shape index (κ3) is 4.07. The Kier molecular flexibility index (Phi) is 5.31. The molecule has 11 heteroatoms. The number of carbonyl (C=O) groups excluding carboxylic acids is 1. The Labute approximate surface area is 173 Å². The van der Waals surface area contributed by atoms with Crippen molar-refractivity contribution in [3.63, 3.8) is 0 Å². The lowest BCUT2D eigenvalue weighted by atomic mass is 9.93. The molecule has 1 saturated carbocycles. The van der Waals surface area contributed by atoms with E-state index in [9.17, 15) is 13.2 Å². The predicted molar refractivity (Wildman–Crippen MR) is 114 cm³/mol. The lowest BCUT2D eigenvalue weighted by Gasteiger charge is -2.27. The number of hydrogen-bond donors (Lipinski definition) is 4. The van der Waals surface area contributed by atoms with Crippen molar-refractivity contribution in [2.75, 3.05) is 24.2 Å². The van der Waals surface area contributed by atoms with Crippen LogP contribution in [0, 0.1) is 0 Å². The number of nitrogens with one attached hydrogen (secondary N) is 3. The van der Waals surface area contributed by atoms with Gasteiger partial charge in [0.15, 0.2) is 0 Å². The van der Waals surface area contributed by atoms with Gasteiger partial charge in [-0.15, -0.1) is 0 Å². The standard InChI is InChI=1S/C19H23N7O3S/c1-26(11-16(20)27)30(28,29)14-7-5-13(6-8-14)23-19-24-17-15(9-10-21-17)18(25-19)22-12-3-2-4-12/h5-10,12H,2-4,11H2,1H3,(H2,20,27)(H3,21,22,23,24,25). The average molecular weight is 430 g/mol. The molecule has 0 atom stereocenters. The van der Waals surface area contributed by atoms with E-state index in [0.717, 1.165) is 28.4 Å². The number of aromatic nitrogens is 3. The summed E-state index contributed by atoms with van der Waals surface area (Å²) < 4.78 is 25.9. The van der Waals surface area contributed by atoms with Crippen molar-refractivity contribution >= 4 is 44.4 Å². The molecule has 0 unspecified atom stereocenters. The van der Waals surface area contributed by atoms with Crippen molar-refractivity contribution in [1.29, 1.82) is 0 Å². The lowest BCUT2D eigenvalue weighted by Crippen LogP contribution is -2.35. The smallest absolute Gasteiger partial charge is 0.243 e. The normalized spacial score (nSPS) is 14.6. The van der Waals surface area contributed by atoms with Crippen molar-refractivity contribution in [1.82, 2.24) is 19.3 Å². The second-order valence-electron chi connectivity index (χ2n) is 7.28. The highest BCUT2D eigenvalue weighted by Gasteiger charge is 2.22. The Hall–Kier alpha value is -3.18. The highest BCUT2D eigenvalue weighted by molar-refractivity contribution is 7.89. The van der Waals surface area contributed by atoms with Crippen LogP contribution in [0.3, 0.4) is 0 Å². The maximum Gasteiger partial charge on any atom is 0.243 e. The minimum atomic E-state index is -3.80. The predicted octanol–water partition coefficient (Wildman–Crippen LogP) is 1.77. The molecule has 0 bridgehead atoms. The molecular formula is C19H23N7O3S. The number of H-pyrrole nitrogens is 1. The van der Waals surface area contributed by atoms with Crippen LogP contribution in [-0.2, 0) is 14.8 Å². The SMILES string of the molecule is CN(CC(N)=O)S(=O)(=O)c1ccc(Nc2nc(NC3CCC3)c3cc[nH]c3n2)cc1. The molecule has 1 aliphatic carbocycles. The van der Waals surface area contributed by atoms with Gasteiger partial charge in [0.2, 0.25) is 21.9 Å². The number of fused-ring (bicyclic) bond motifs is 1. The largest absolute Gasteiger partial charge is 0.369 e. The van der Waals surface area contributed by atoms with Gasteiger partial charge in [-0.25, -0.2) is 8.42 Å². The molecule has 1 fully saturated rings. The van der Waals surface area contributed by atoms with Crippen LogP contribution in [0.1, 0.15) is 19.3 Å². The quantitative estimate of drug-likeness (QED) is 0.427. The number of sulfonamides is 1. The zero-order valence-corrected chi connectivity index (χ0v) is 17.2. The fourth-order valence-electron chi connectivity index (χ4n) is 3.18. The van der Waals surface area contributed by atoms with Gasteiger partial charge in [0.05, 0.1) is 16.8 Å². The molecule has 4 rings (SSSR count). The Morgan fingerprint density at radius 3 is 2.60 bits per heavy atom. The van der Waals surface area contributed by atoms with E-state index in [1.807, 2.05) is 12.3 Å². The molecule has 3 aromatic rings. The molecule has 0 saturated heterocycles. The van der Waals surface area contributed by atoms with Crippen LogP contribution < -0.4 is 16.4 Å². The average Bonchev–Trinajstić information content (AvgIpc) is 3.13. The Bertz CT molecular complexity index is 1170. The van der Waals surface area contributed by atoms with E-state index < -0.39 is 15.9 Å². The summed E-state index contributed by atoms with van der Waals surface area (Å²) in [5, 5.41) is 7.49. The lowest BCUT2D eigenvalue weighted by molar-refractivity contribution is -0.118. The fourth-order valence-corrected chi connectivity index (χ4v) is 4.31.